The summed E-state index contributed by atoms with van der Waals surface area (Å²) >= 11 is 0. The molecule has 1 aliphatic heterocycles. The fraction of sp³-hybridized carbons (Fsp3) is 0.828. The first-order valence-corrected chi connectivity index (χ1v) is 13.6. The number of carbonyl (C=O) groups excluding carboxylic acids is 1. The number of fused-ring (bicyclic) bond motifs is 5. The number of hydrogen-bond acceptors (Lipinski definition) is 4. The maximum absolute atomic E-state index is 12.0. The van der Waals surface area contributed by atoms with E-state index in [4.69, 9.17) is 14.2 Å². The second-order valence-corrected chi connectivity index (χ2v) is 12.2. The molecule has 3 saturated carbocycles. The zero-order valence-electron chi connectivity index (χ0n) is 21.2. The summed E-state index contributed by atoms with van der Waals surface area (Å²) in [5, 5.41) is 0. The van der Waals surface area contributed by atoms with Gasteiger partial charge in [0.1, 0.15) is 0 Å². The van der Waals surface area contributed by atoms with Gasteiger partial charge < -0.3 is 14.2 Å². The van der Waals surface area contributed by atoms with Crippen LogP contribution in [0.2, 0.25) is 0 Å². The minimum Gasteiger partial charge on any atom is -0.463 e. The van der Waals surface area contributed by atoms with Gasteiger partial charge in [0.05, 0.1) is 19.8 Å². The Kier molecular flexibility index (Phi) is 6.31. The molecule has 1 saturated heterocycles. The van der Waals surface area contributed by atoms with Crippen molar-refractivity contribution in [3.05, 3.63) is 23.8 Å². The zero-order valence-corrected chi connectivity index (χ0v) is 21.2. The van der Waals surface area contributed by atoms with Crippen molar-refractivity contribution in [1.82, 2.24) is 0 Å². The summed E-state index contributed by atoms with van der Waals surface area (Å²) < 4.78 is 17.4. The Labute approximate surface area is 200 Å². The lowest BCUT2D eigenvalue weighted by Crippen LogP contribution is -2.52. The van der Waals surface area contributed by atoms with Crippen molar-refractivity contribution in [3.8, 4) is 0 Å². The van der Waals surface area contributed by atoms with Gasteiger partial charge >= 0.3 is 5.97 Å². The predicted octanol–water partition coefficient (Wildman–Crippen LogP) is 6.45. The minimum absolute atomic E-state index is 0.185. The standard InChI is InChI=1S/C29H44O4/c1-5-16-31-26(30)11-6-20(2)23-9-10-24-22-8-7-21-19-29(32-17-18-33-29)15-14-27(21,3)25(22)12-13-28(23,24)4/h6-7,11,20,22-25H,5,8-10,12-19H2,1-4H3/b11-6+/t20-,22?,23?,24?,25?,27+,28-/m1/s1. The molecule has 4 unspecified atom stereocenters. The third-order valence-corrected chi connectivity index (χ3v) is 10.6. The SMILES string of the molecule is CCCOC(=O)/C=C/[C@@H](C)C1CCC2C3CC=C4CC5(CC[C@]4(C)C3CC[C@@]21C)OCCO5. The molecule has 4 heteroatoms. The quantitative estimate of drug-likeness (QED) is 0.271. The molecule has 184 valence electrons. The van der Waals surface area contributed by atoms with E-state index in [9.17, 15) is 4.79 Å². The molecule has 5 rings (SSSR count). The first-order chi connectivity index (χ1) is 15.8. The Morgan fingerprint density at radius 3 is 2.70 bits per heavy atom. The highest BCUT2D eigenvalue weighted by Gasteiger charge is 2.60. The number of esters is 1. The molecule has 0 radical (unpaired) electrons. The zero-order chi connectivity index (χ0) is 23.3. The molecule has 0 aromatic heterocycles. The van der Waals surface area contributed by atoms with Crippen molar-refractivity contribution in [2.75, 3.05) is 19.8 Å². The maximum Gasteiger partial charge on any atom is 0.330 e. The van der Waals surface area contributed by atoms with E-state index < -0.39 is 0 Å². The topological polar surface area (TPSA) is 44.8 Å². The number of rotatable bonds is 5. The molecule has 33 heavy (non-hydrogen) atoms. The molecule has 7 atom stereocenters. The monoisotopic (exact) mass is 456 g/mol. The van der Waals surface area contributed by atoms with Gasteiger partial charge in [-0.05, 0) is 85.4 Å². The number of ether oxygens (including phenoxy) is 3. The molecule has 0 amide bonds. The number of hydrogen-bond donors (Lipinski definition) is 0. The van der Waals surface area contributed by atoms with Crippen LogP contribution in [0.15, 0.2) is 23.8 Å². The summed E-state index contributed by atoms with van der Waals surface area (Å²) in [7, 11) is 0. The normalized spacial score (nSPS) is 42.5. The average Bonchev–Trinajstić information content (AvgIpc) is 3.40. The van der Waals surface area contributed by atoms with Crippen LogP contribution in [-0.4, -0.2) is 31.6 Å². The molecule has 0 aromatic carbocycles. The Balaban J connectivity index is 1.31. The lowest BCUT2D eigenvalue weighted by atomic mass is 9.46. The fourth-order valence-corrected chi connectivity index (χ4v) is 8.87. The Morgan fingerprint density at radius 1 is 1.15 bits per heavy atom. The molecule has 4 aliphatic carbocycles. The van der Waals surface area contributed by atoms with Crippen LogP contribution >= 0.6 is 0 Å². The summed E-state index contributed by atoms with van der Waals surface area (Å²) in [6.07, 6.45) is 17.0. The van der Waals surface area contributed by atoms with E-state index in [1.54, 1.807) is 11.6 Å². The van der Waals surface area contributed by atoms with Crippen molar-refractivity contribution in [2.24, 2.45) is 40.4 Å². The van der Waals surface area contributed by atoms with Crippen LogP contribution in [0.5, 0.6) is 0 Å². The third kappa shape index (κ3) is 3.93. The van der Waals surface area contributed by atoms with Gasteiger partial charge in [0.2, 0.25) is 0 Å². The van der Waals surface area contributed by atoms with E-state index in [0.717, 1.165) is 50.2 Å². The maximum atomic E-state index is 12.0. The molecule has 1 spiro atoms. The summed E-state index contributed by atoms with van der Waals surface area (Å²) in [6, 6.07) is 0. The molecule has 4 fully saturated rings. The van der Waals surface area contributed by atoms with Crippen molar-refractivity contribution < 1.29 is 19.0 Å². The van der Waals surface area contributed by atoms with Gasteiger partial charge in [-0.3, -0.25) is 0 Å². The Morgan fingerprint density at radius 2 is 1.94 bits per heavy atom. The van der Waals surface area contributed by atoms with Gasteiger partial charge in [0.25, 0.3) is 0 Å². The third-order valence-electron chi connectivity index (χ3n) is 10.6. The van der Waals surface area contributed by atoms with E-state index in [1.165, 1.54) is 38.5 Å². The van der Waals surface area contributed by atoms with Crippen molar-refractivity contribution in [2.45, 2.75) is 91.3 Å². The molecule has 0 N–H and O–H groups in total. The lowest BCUT2D eigenvalue weighted by Gasteiger charge is -2.59. The van der Waals surface area contributed by atoms with Crippen LogP contribution in [0, 0.1) is 40.4 Å². The van der Waals surface area contributed by atoms with Crippen molar-refractivity contribution in [1.29, 1.82) is 0 Å². The van der Waals surface area contributed by atoms with Gasteiger partial charge in [0.15, 0.2) is 5.79 Å². The van der Waals surface area contributed by atoms with Crippen LogP contribution in [0.1, 0.15) is 85.5 Å². The van der Waals surface area contributed by atoms with Crippen LogP contribution in [0.3, 0.4) is 0 Å². The molecule has 0 aromatic rings. The van der Waals surface area contributed by atoms with Gasteiger partial charge in [-0.25, -0.2) is 4.79 Å². The van der Waals surface area contributed by atoms with Crippen LogP contribution < -0.4 is 0 Å². The number of allylic oxidation sites excluding steroid dienone is 2. The average molecular weight is 457 g/mol. The van der Waals surface area contributed by atoms with Gasteiger partial charge in [-0.1, -0.05) is 45.4 Å². The van der Waals surface area contributed by atoms with Crippen LogP contribution in [-0.2, 0) is 19.0 Å². The molecule has 0 bridgehead atoms. The molecular weight excluding hydrogens is 412 g/mol. The summed E-state index contributed by atoms with van der Waals surface area (Å²) in [6.45, 7) is 11.5. The van der Waals surface area contributed by atoms with Gasteiger partial charge in [-0.2, -0.15) is 0 Å². The number of carbonyl (C=O) groups is 1. The van der Waals surface area contributed by atoms with E-state index in [-0.39, 0.29) is 11.8 Å². The van der Waals surface area contributed by atoms with Crippen molar-refractivity contribution >= 4 is 5.97 Å². The van der Waals surface area contributed by atoms with E-state index in [0.29, 0.717) is 29.3 Å². The molecule has 5 aliphatic rings. The van der Waals surface area contributed by atoms with E-state index in [2.05, 4.69) is 32.9 Å². The highest BCUT2D eigenvalue weighted by atomic mass is 16.7. The summed E-state index contributed by atoms with van der Waals surface area (Å²) in [5.41, 5.74) is 2.32. The minimum atomic E-state index is -0.320. The fourth-order valence-electron chi connectivity index (χ4n) is 8.87. The summed E-state index contributed by atoms with van der Waals surface area (Å²) in [4.78, 5) is 12.0. The highest BCUT2D eigenvalue weighted by Crippen LogP contribution is 2.68. The van der Waals surface area contributed by atoms with Crippen LogP contribution in [0.4, 0.5) is 0 Å². The summed E-state index contributed by atoms with van der Waals surface area (Å²) in [5.74, 6) is 2.97. The Bertz CT molecular complexity index is 808. The van der Waals surface area contributed by atoms with E-state index in [1.807, 2.05) is 6.92 Å². The largest absolute Gasteiger partial charge is 0.463 e. The van der Waals surface area contributed by atoms with E-state index >= 15 is 0 Å². The predicted molar refractivity (Wildman–Crippen MR) is 129 cm³/mol. The molecule has 4 nitrogen and oxygen atoms in total. The molecular formula is C29H44O4. The molecule has 1 heterocycles. The van der Waals surface area contributed by atoms with Gasteiger partial charge in [-0.15, -0.1) is 0 Å². The lowest BCUT2D eigenvalue weighted by molar-refractivity contribution is -0.185. The second-order valence-electron chi connectivity index (χ2n) is 12.2. The van der Waals surface area contributed by atoms with Crippen LogP contribution in [0.25, 0.3) is 0 Å². The first kappa shape index (κ1) is 23.6. The van der Waals surface area contributed by atoms with Gasteiger partial charge in [0, 0.05) is 18.9 Å². The highest BCUT2D eigenvalue weighted by molar-refractivity contribution is 5.81. The van der Waals surface area contributed by atoms with Crippen molar-refractivity contribution in [3.63, 3.8) is 0 Å². The Hall–Kier alpha value is -1.13. The second kappa shape index (κ2) is 8.82. The smallest absolute Gasteiger partial charge is 0.330 e. The first-order valence-electron chi connectivity index (χ1n) is 13.6.